The molecule has 1 aliphatic rings. The number of nitriles is 1. The topological polar surface area (TPSA) is 76.9 Å². The summed E-state index contributed by atoms with van der Waals surface area (Å²) in [6.45, 7) is 4.04. The lowest BCUT2D eigenvalue weighted by Gasteiger charge is -2.33. The third-order valence-electron chi connectivity index (χ3n) is 5.05. The van der Waals surface area contributed by atoms with E-state index in [1.807, 2.05) is 13.1 Å². The molecule has 1 unspecified atom stereocenters. The fourth-order valence-corrected chi connectivity index (χ4v) is 3.43. The Kier molecular flexibility index (Phi) is 6.77. The van der Waals surface area contributed by atoms with Crippen molar-refractivity contribution in [1.29, 1.82) is 5.26 Å². The molecule has 3 rings (SSSR count). The molecule has 0 aliphatic carbocycles. The first-order chi connectivity index (χ1) is 13.6. The van der Waals surface area contributed by atoms with Crippen molar-refractivity contribution in [1.82, 2.24) is 15.3 Å². The summed E-state index contributed by atoms with van der Waals surface area (Å²) >= 11 is 0. The summed E-state index contributed by atoms with van der Waals surface area (Å²) in [4.78, 5) is 11.6. The predicted octanol–water partition coefficient (Wildman–Crippen LogP) is 3.76. The fraction of sp³-hybridized carbons (Fsp3) is 0.476. The first kappa shape index (κ1) is 20.0. The number of hydrogen-bond donors (Lipinski definition) is 2. The highest BCUT2D eigenvalue weighted by molar-refractivity contribution is 5.58. The number of piperidine rings is 1. The van der Waals surface area contributed by atoms with Crippen molar-refractivity contribution in [3.63, 3.8) is 0 Å². The molecule has 1 aromatic carbocycles. The van der Waals surface area contributed by atoms with E-state index in [1.54, 1.807) is 6.07 Å². The summed E-state index contributed by atoms with van der Waals surface area (Å²) in [6, 6.07) is 8.75. The number of unbranched alkanes of at least 4 members (excludes halogenated alkanes) is 1. The highest BCUT2D eigenvalue weighted by Crippen LogP contribution is 2.23. The Balaban J connectivity index is 1.88. The van der Waals surface area contributed by atoms with E-state index < -0.39 is 5.82 Å². The molecule has 0 bridgehead atoms. The van der Waals surface area contributed by atoms with Gasteiger partial charge >= 0.3 is 0 Å². The van der Waals surface area contributed by atoms with Gasteiger partial charge in [-0.1, -0.05) is 13.3 Å². The number of anilines is 3. The number of nitrogens with one attached hydrogen (secondary N) is 2. The van der Waals surface area contributed by atoms with Crippen LogP contribution in [-0.2, 0) is 6.42 Å². The van der Waals surface area contributed by atoms with E-state index in [9.17, 15) is 4.39 Å². The quantitative estimate of drug-likeness (QED) is 0.759. The Morgan fingerprint density at radius 3 is 2.93 bits per heavy atom. The molecule has 2 heterocycles. The maximum Gasteiger partial charge on any atom is 0.229 e. The zero-order valence-corrected chi connectivity index (χ0v) is 16.5. The largest absolute Gasteiger partial charge is 0.355 e. The molecule has 0 amide bonds. The molecule has 0 radical (unpaired) electrons. The normalized spacial score (nSPS) is 16.6. The number of halogens is 1. The maximum absolute atomic E-state index is 13.6. The minimum absolute atomic E-state index is 0.000235. The van der Waals surface area contributed by atoms with Crippen LogP contribution in [0.4, 0.5) is 21.8 Å². The average molecular weight is 382 g/mol. The minimum atomic E-state index is -0.530. The second-order valence-corrected chi connectivity index (χ2v) is 7.15. The van der Waals surface area contributed by atoms with Gasteiger partial charge in [-0.2, -0.15) is 10.2 Å². The molecule has 148 valence electrons. The van der Waals surface area contributed by atoms with Crippen molar-refractivity contribution in [2.45, 2.75) is 45.1 Å². The molecule has 2 N–H and O–H groups in total. The maximum atomic E-state index is 13.6. The van der Waals surface area contributed by atoms with Gasteiger partial charge in [-0.05, 0) is 50.9 Å². The number of rotatable bonds is 7. The second-order valence-electron chi connectivity index (χ2n) is 7.15. The van der Waals surface area contributed by atoms with Crippen LogP contribution in [0.5, 0.6) is 0 Å². The Hall–Kier alpha value is -2.72. The molecule has 7 heteroatoms. The molecule has 1 aromatic heterocycles. The molecule has 28 heavy (non-hydrogen) atoms. The molecule has 2 aromatic rings. The summed E-state index contributed by atoms with van der Waals surface area (Å²) < 4.78 is 13.6. The highest BCUT2D eigenvalue weighted by atomic mass is 19.1. The van der Waals surface area contributed by atoms with Gasteiger partial charge in [0.2, 0.25) is 5.95 Å². The summed E-state index contributed by atoms with van der Waals surface area (Å²) in [5.74, 6) is 0.856. The van der Waals surface area contributed by atoms with E-state index >= 15 is 0 Å². The smallest absolute Gasteiger partial charge is 0.229 e. The SMILES string of the molecule is CCCCc1cc(N2CCCC(NC)C2)nc(Nc2ccc(F)c(C#N)c2)n1. The van der Waals surface area contributed by atoms with E-state index in [1.165, 1.54) is 18.6 Å². The van der Waals surface area contributed by atoms with Crippen molar-refractivity contribution < 1.29 is 4.39 Å². The minimum Gasteiger partial charge on any atom is -0.355 e. The molecule has 1 aliphatic heterocycles. The van der Waals surface area contributed by atoms with Gasteiger partial charge in [-0.15, -0.1) is 0 Å². The standard InChI is InChI=1S/C21H27FN6/c1-3-4-6-16-12-20(28-10-5-7-18(14-28)24-2)27-21(25-16)26-17-8-9-19(22)15(11-17)13-23/h8-9,11-12,18,24H,3-7,10,14H2,1-2H3,(H,25,26,27). The lowest BCUT2D eigenvalue weighted by Crippen LogP contribution is -2.44. The third-order valence-corrected chi connectivity index (χ3v) is 5.05. The second kappa shape index (κ2) is 9.47. The molecule has 1 fully saturated rings. The zero-order valence-electron chi connectivity index (χ0n) is 16.5. The van der Waals surface area contributed by atoms with Crippen molar-refractivity contribution in [3.8, 4) is 6.07 Å². The van der Waals surface area contributed by atoms with Crippen LogP contribution in [0, 0.1) is 17.1 Å². The number of hydrogen-bond acceptors (Lipinski definition) is 6. The Labute approximate surface area is 165 Å². The van der Waals surface area contributed by atoms with Gasteiger partial charge in [0, 0.05) is 36.6 Å². The van der Waals surface area contributed by atoms with Gasteiger partial charge in [-0.25, -0.2) is 9.37 Å². The first-order valence-electron chi connectivity index (χ1n) is 9.89. The van der Waals surface area contributed by atoms with Crippen molar-refractivity contribution in [3.05, 3.63) is 41.3 Å². The van der Waals surface area contributed by atoms with Gasteiger partial charge in [-0.3, -0.25) is 0 Å². The van der Waals surface area contributed by atoms with Crippen LogP contribution < -0.4 is 15.5 Å². The van der Waals surface area contributed by atoms with Crippen molar-refractivity contribution in [2.75, 3.05) is 30.4 Å². The summed E-state index contributed by atoms with van der Waals surface area (Å²) in [5, 5.41) is 15.6. The molecule has 0 saturated carbocycles. The highest BCUT2D eigenvalue weighted by Gasteiger charge is 2.21. The molecule has 6 nitrogen and oxygen atoms in total. The number of nitrogens with zero attached hydrogens (tertiary/aromatic N) is 4. The van der Waals surface area contributed by atoms with Crippen LogP contribution in [0.2, 0.25) is 0 Å². The van der Waals surface area contributed by atoms with E-state index in [4.69, 9.17) is 10.2 Å². The van der Waals surface area contributed by atoms with Gasteiger partial charge in [0.15, 0.2) is 0 Å². The van der Waals surface area contributed by atoms with Crippen LogP contribution in [0.1, 0.15) is 43.9 Å². The Morgan fingerprint density at radius 1 is 1.32 bits per heavy atom. The van der Waals surface area contributed by atoms with Crippen LogP contribution in [0.15, 0.2) is 24.3 Å². The van der Waals surface area contributed by atoms with Crippen LogP contribution in [-0.4, -0.2) is 36.1 Å². The van der Waals surface area contributed by atoms with Crippen molar-refractivity contribution >= 4 is 17.5 Å². The summed E-state index contributed by atoms with van der Waals surface area (Å²) in [6.07, 6.45) is 5.32. The van der Waals surface area contributed by atoms with E-state index in [2.05, 4.69) is 33.5 Å². The van der Waals surface area contributed by atoms with E-state index in [0.717, 1.165) is 50.3 Å². The lowest BCUT2D eigenvalue weighted by atomic mass is 10.1. The van der Waals surface area contributed by atoms with Crippen LogP contribution >= 0.6 is 0 Å². The number of benzene rings is 1. The van der Waals surface area contributed by atoms with Crippen LogP contribution in [0.25, 0.3) is 0 Å². The Morgan fingerprint density at radius 2 is 2.18 bits per heavy atom. The number of aryl methyl sites for hydroxylation is 1. The molecular formula is C21H27FN6. The number of aromatic nitrogens is 2. The van der Waals surface area contributed by atoms with Crippen LogP contribution in [0.3, 0.4) is 0 Å². The molecular weight excluding hydrogens is 355 g/mol. The van der Waals surface area contributed by atoms with E-state index in [-0.39, 0.29) is 5.56 Å². The summed E-state index contributed by atoms with van der Waals surface area (Å²) in [7, 11) is 2.00. The molecule has 1 atom stereocenters. The first-order valence-corrected chi connectivity index (χ1v) is 9.89. The monoisotopic (exact) mass is 382 g/mol. The average Bonchev–Trinajstić information content (AvgIpc) is 2.73. The van der Waals surface area contributed by atoms with Gasteiger partial charge in [0.1, 0.15) is 17.7 Å². The van der Waals surface area contributed by atoms with Crippen molar-refractivity contribution in [2.24, 2.45) is 0 Å². The van der Waals surface area contributed by atoms with Gasteiger partial charge in [0.25, 0.3) is 0 Å². The molecule has 1 saturated heterocycles. The van der Waals surface area contributed by atoms with E-state index in [0.29, 0.717) is 17.7 Å². The number of likely N-dealkylation sites (N-methyl/N-ethyl adjacent to an activating group) is 1. The van der Waals surface area contributed by atoms with Gasteiger partial charge < -0.3 is 15.5 Å². The fourth-order valence-electron chi connectivity index (χ4n) is 3.43. The van der Waals surface area contributed by atoms with Gasteiger partial charge in [0.05, 0.1) is 5.56 Å². The Bertz CT molecular complexity index is 847. The predicted molar refractivity (Wildman–Crippen MR) is 109 cm³/mol. The summed E-state index contributed by atoms with van der Waals surface area (Å²) in [5.41, 5.74) is 1.59. The molecule has 0 spiro atoms. The third kappa shape index (κ3) is 4.96. The lowest BCUT2D eigenvalue weighted by molar-refractivity contribution is 0.447. The zero-order chi connectivity index (χ0) is 19.9.